The summed E-state index contributed by atoms with van der Waals surface area (Å²) in [5.41, 5.74) is -0.676. The van der Waals surface area contributed by atoms with Gasteiger partial charge in [-0.1, -0.05) is 6.07 Å². The maximum absolute atomic E-state index is 13.4. The molecule has 0 fully saturated rings. The number of benzene rings is 1. The van der Waals surface area contributed by atoms with Gasteiger partial charge >= 0.3 is 6.18 Å². The third-order valence-corrected chi connectivity index (χ3v) is 4.18. The first-order chi connectivity index (χ1) is 14.3. The standard InChI is InChI=1S/C18H10F4N8/c19-15-4-3-11-14(28-29-16(11)27-15)7-24-17-26-13(8-25-30-17)10-2-1-9(6-23)5-12(10)18(20,21)22/h1-5,8H,7H2,(H,24,26,30)(H,27,28,29). The predicted octanol–water partition coefficient (Wildman–Crippen LogP) is 3.45. The van der Waals surface area contributed by atoms with E-state index in [1.807, 2.05) is 0 Å². The number of halogens is 4. The number of anilines is 1. The highest BCUT2D eigenvalue weighted by molar-refractivity contribution is 5.77. The zero-order valence-corrected chi connectivity index (χ0v) is 14.9. The topological polar surface area (TPSA) is 116 Å². The van der Waals surface area contributed by atoms with Crippen molar-refractivity contribution in [1.82, 2.24) is 30.4 Å². The molecule has 8 nitrogen and oxygen atoms in total. The lowest BCUT2D eigenvalue weighted by molar-refractivity contribution is -0.137. The molecule has 3 aromatic heterocycles. The SMILES string of the molecule is N#Cc1ccc(-c2cnnc(NCc3[nH]nc4nc(F)ccc34)n2)c(C(F)(F)F)c1. The molecule has 0 unspecified atom stereocenters. The molecule has 0 atom stereocenters. The van der Waals surface area contributed by atoms with Gasteiger partial charge in [-0.3, -0.25) is 5.10 Å². The Bertz CT molecular complexity index is 1280. The Morgan fingerprint density at radius 2 is 1.97 bits per heavy atom. The largest absolute Gasteiger partial charge is 0.417 e. The van der Waals surface area contributed by atoms with E-state index < -0.39 is 17.7 Å². The van der Waals surface area contributed by atoms with Gasteiger partial charge in [-0.2, -0.15) is 38.0 Å². The average Bonchev–Trinajstić information content (AvgIpc) is 3.13. The van der Waals surface area contributed by atoms with Crippen LogP contribution in [0.25, 0.3) is 22.3 Å². The maximum atomic E-state index is 13.4. The van der Waals surface area contributed by atoms with Gasteiger partial charge in [0.05, 0.1) is 41.3 Å². The normalized spacial score (nSPS) is 11.4. The Balaban J connectivity index is 1.63. The van der Waals surface area contributed by atoms with E-state index in [4.69, 9.17) is 5.26 Å². The number of aromatic amines is 1. The van der Waals surface area contributed by atoms with Gasteiger partial charge in [0.15, 0.2) is 5.65 Å². The molecule has 0 spiro atoms. The molecule has 0 radical (unpaired) electrons. The van der Waals surface area contributed by atoms with Gasteiger partial charge in [0.1, 0.15) is 0 Å². The van der Waals surface area contributed by atoms with Crippen LogP contribution in [0.3, 0.4) is 0 Å². The number of rotatable bonds is 4. The summed E-state index contributed by atoms with van der Waals surface area (Å²) in [5.74, 6) is -0.695. The molecular formula is C18H10F4N8. The van der Waals surface area contributed by atoms with E-state index >= 15 is 0 Å². The number of nitrogens with one attached hydrogen (secondary N) is 2. The third-order valence-electron chi connectivity index (χ3n) is 4.18. The van der Waals surface area contributed by atoms with Crippen molar-refractivity contribution in [1.29, 1.82) is 5.26 Å². The van der Waals surface area contributed by atoms with Crippen molar-refractivity contribution >= 4 is 17.0 Å². The van der Waals surface area contributed by atoms with Crippen LogP contribution in [0.5, 0.6) is 0 Å². The molecule has 150 valence electrons. The molecule has 4 aromatic rings. The first-order valence-electron chi connectivity index (χ1n) is 8.40. The molecule has 0 aliphatic heterocycles. The van der Waals surface area contributed by atoms with Crippen molar-refractivity contribution in [2.24, 2.45) is 0 Å². The van der Waals surface area contributed by atoms with Crippen molar-refractivity contribution in [2.75, 3.05) is 5.32 Å². The van der Waals surface area contributed by atoms with Gasteiger partial charge in [-0.15, -0.1) is 5.10 Å². The molecule has 0 bridgehead atoms. The van der Waals surface area contributed by atoms with Crippen LogP contribution in [0, 0.1) is 17.3 Å². The maximum Gasteiger partial charge on any atom is 0.417 e. The number of hydrogen-bond donors (Lipinski definition) is 2. The van der Waals surface area contributed by atoms with Crippen LogP contribution in [0.4, 0.5) is 23.5 Å². The second-order valence-corrected chi connectivity index (χ2v) is 6.10. The minimum atomic E-state index is -4.68. The van der Waals surface area contributed by atoms with Gasteiger partial charge in [-0.05, 0) is 24.3 Å². The highest BCUT2D eigenvalue weighted by atomic mass is 19.4. The molecule has 2 N–H and O–H groups in total. The summed E-state index contributed by atoms with van der Waals surface area (Å²) in [7, 11) is 0. The molecule has 0 saturated heterocycles. The Kier molecular flexibility index (Phi) is 4.71. The zero-order chi connectivity index (χ0) is 21.3. The van der Waals surface area contributed by atoms with E-state index in [9.17, 15) is 17.6 Å². The molecule has 0 saturated carbocycles. The minimum Gasteiger partial charge on any atom is -0.347 e. The fourth-order valence-corrected chi connectivity index (χ4v) is 2.81. The highest BCUT2D eigenvalue weighted by Crippen LogP contribution is 2.37. The van der Waals surface area contributed by atoms with Gasteiger partial charge in [0.25, 0.3) is 0 Å². The molecule has 0 aliphatic rings. The number of alkyl halides is 3. The van der Waals surface area contributed by atoms with E-state index in [0.29, 0.717) is 11.1 Å². The van der Waals surface area contributed by atoms with Crippen LogP contribution in [0.2, 0.25) is 0 Å². The fraction of sp³-hybridized carbons (Fsp3) is 0.111. The van der Waals surface area contributed by atoms with E-state index in [1.54, 1.807) is 6.07 Å². The predicted molar refractivity (Wildman–Crippen MR) is 96.2 cm³/mol. The number of nitrogens with zero attached hydrogens (tertiary/aromatic N) is 6. The van der Waals surface area contributed by atoms with E-state index in [2.05, 4.69) is 35.7 Å². The molecule has 4 rings (SSSR count). The number of fused-ring (bicyclic) bond motifs is 1. The Hall–Kier alpha value is -4.14. The Morgan fingerprint density at radius 1 is 1.13 bits per heavy atom. The Morgan fingerprint density at radius 3 is 2.73 bits per heavy atom. The molecule has 1 aromatic carbocycles. The lowest BCUT2D eigenvalue weighted by Gasteiger charge is -2.13. The highest BCUT2D eigenvalue weighted by Gasteiger charge is 2.34. The van der Waals surface area contributed by atoms with Crippen LogP contribution in [0.1, 0.15) is 16.8 Å². The molecule has 12 heteroatoms. The summed E-state index contributed by atoms with van der Waals surface area (Å²) in [5, 5.41) is 26.4. The van der Waals surface area contributed by atoms with E-state index in [-0.39, 0.29) is 35.0 Å². The number of nitriles is 1. The van der Waals surface area contributed by atoms with E-state index in [1.165, 1.54) is 18.2 Å². The average molecular weight is 414 g/mol. The zero-order valence-electron chi connectivity index (χ0n) is 14.9. The van der Waals surface area contributed by atoms with Crippen LogP contribution >= 0.6 is 0 Å². The van der Waals surface area contributed by atoms with Crippen LogP contribution in [-0.4, -0.2) is 30.4 Å². The second kappa shape index (κ2) is 7.36. The van der Waals surface area contributed by atoms with Crippen molar-refractivity contribution in [3.63, 3.8) is 0 Å². The third kappa shape index (κ3) is 3.72. The quantitative estimate of drug-likeness (QED) is 0.388. The summed E-state index contributed by atoms with van der Waals surface area (Å²) in [6, 6.07) is 7.56. The van der Waals surface area contributed by atoms with Crippen LogP contribution in [0.15, 0.2) is 36.5 Å². The van der Waals surface area contributed by atoms with Crippen molar-refractivity contribution in [3.05, 3.63) is 59.3 Å². The summed E-state index contributed by atoms with van der Waals surface area (Å²) in [6.45, 7) is 0.119. The minimum absolute atomic E-state index is 0.0252. The van der Waals surface area contributed by atoms with Gasteiger partial charge in [0, 0.05) is 10.9 Å². The number of hydrogen-bond acceptors (Lipinski definition) is 7. The smallest absolute Gasteiger partial charge is 0.347 e. The molecule has 0 amide bonds. The number of pyridine rings is 1. The van der Waals surface area contributed by atoms with Gasteiger partial charge in [0.2, 0.25) is 11.9 Å². The van der Waals surface area contributed by atoms with Crippen molar-refractivity contribution in [2.45, 2.75) is 12.7 Å². The molecular weight excluding hydrogens is 404 g/mol. The lowest BCUT2D eigenvalue weighted by atomic mass is 10.0. The monoisotopic (exact) mass is 414 g/mol. The lowest BCUT2D eigenvalue weighted by Crippen LogP contribution is -2.10. The van der Waals surface area contributed by atoms with Gasteiger partial charge in [-0.25, -0.2) is 4.98 Å². The first-order valence-corrected chi connectivity index (χ1v) is 8.40. The van der Waals surface area contributed by atoms with E-state index in [0.717, 1.165) is 18.3 Å². The van der Waals surface area contributed by atoms with Crippen molar-refractivity contribution < 1.29 is 17.6 Å². The molecule has 30 heavy (non-hydrogen) atoms. The molecule has 3 heterocycles. The second-order valence-electron chi connectivity index (χ2n) is 6.10. The van der Waals surface area contributed by atoms with Crippen LogP contribution < -0.4 is 5.32 Å². The summed E-state index contributed by atoms with van der Waals surface area (Å²) in [6.07, 6.45) is -3.59. The van der Waals surface area contributed by atoms with Gasteiger partial charge < -0.3 is 5.32 Å². The summed E-state index contributed by atoms with van der Waals surface area (Å²) < 4.78 is 53.4. The van der Waals surface area contributed by atoms with Crippen LogP contribution in [-0.2, 0) is 12.7 Å². The number of aromatic nitrogens is 6. The summed E-state index contributed by atoms with van der Waals surface area (Å²) in [4.78, 5) is 7.73. The van der Waals surface area contributed by atoms with Crippen molar-refractivity contribution in [3.8, 4) is 17.3 Å². The Labute approximate surface area is 165 Å². The molecule has 0 aliphatic carbocycles. The number of H-pyrrole nitrogens is 1. The summed E-state index contributed by atoms with van der Waals surface area (Å²) >= 11 is 0. The first kappa shape index (κ1) is 19.2. The fourth-order valence-electron chi connectivity index (χ4n) is 2.81.